The number of ether oxygens (including phenoxy) is 1. The molecule has 0 spiro atoms. The van der Waals surface area contributed by atoms with E-state index < -0.39 is 0 Å². The first kappa shape index (κ1) is 13.0. The summed E-state index contributed by atoms with van der Waals surface area (Å²) >= 11 is 5.83. The summed E-state index contributed by atoms with van der Waals surface area (Å²) < 4.78 is 11.4. The summed E-state index contributed by atoms with van der Waals surface area (Å²) in [6, 6.07) is 15.2. The maximum absolute atomic E-state index is 5.83. The summed E-state index contributed by atoms with van der Waals surface area (Å²) in [6.07, 6.45) is 0. The summed E-state index contributed by atoms with van der Waals surface area (Å²) in [5.74, 6) is 1.54. The molecule has 0 amide bonds. The first-order valence-corrected chi connectivity index (χ1v) is 6.72. The molecule has 0 saturated carbocycles. The predicted octanol–water partition coefficient (Wildman–Crippen LogP) is 4.12. The maximum Gasteiger partial charge on any atom is 0.146 e. The highest BCUT2D eigenvalue weighted by Gasteiger charge is 2.05. The molecule has 0 bridgehead atoms. The van der Waals surface area contributed by atoms with Gasteiger partial charge in [0.2, 0.25) is 0 Å². The van der Waals surface area contributed by atoms with Crippen molar-refractivity contribution < 1.29 is 9.15 Å². The summed E-state index contributed by atoms with van der Waals surface area (Å²) in [5.41, 5.74) is 7.56. The van der Waals surface area contributed by atoms with Crippen molar-refractivity contribution in [2.75, 3.05) is 0 Å². The average Bonchev–Trinajstić information content (AvgIpc) is 2.88. The molecule has 20 heavy (non-hydrogen) atoms. The highest BCUT2D eigenvalue weighted by atomic mass is 35.5. The van der Waals surface area contributed by atoms with Crippen LogP contribution in [0.3, 0.4) is 0 Å². The Balaban J connectivity index is 1.75. The van der Waals surface area contributed by atoms with Crippen LogP contribution in [0.5, 0.6) is 5.75 Å². The molecule has 0 atom stereocenters. The van der Waals surface area contributed by atoms with Crippen LogP contribution >= 0.6 is 11.6 Å². The topological polar surface area (TPSA) is 48.4 Å². The van der Waals surface area contributed by atoms with Crippen LogP contribution in [-0.2, 0) is 13.2 Å². The van der Waals surface area contributed by atoms with Crippen LogP contribution < -0.4 is 10.5 Å². The normalized spacial score (nSPS) is 10.9. The van der Waals surface area contributed by atoms with E-state index in [1.54, 1.807) is 12.1 Å². The van der Waals surface area contributed by atoms with Crippen molar-refractivity contribution in [3.63, 3.8) is 0 Å². The largest absolute Gasteiger partial charge is 0.486 e. The quantitative estimate of drug-likeness (QED) is 0.785. The zero-order valence-electron chi connectivity index (χ0n) is 10.8. The van der Waals surface area contributed by atoms with Crippen LogP contribution in [0.15, 0.2) is 52.9 Å². The van der Waals surface area contributed by atoms with Gasteiger partial charge in [-0.1, -0.05) is 17.7 Å². The molecule has 0 fully saturated rings. The number of hydrogen-bond donors (Lipinski definition) is 1. The third-order valence-electron chi connectivity index (χ3n) is 3.06. The summed E-state index contributed by atoms with van der Waals surface area (Å²) in [4.78, 5) is 0. The molecule has 1 heterocycles. The van der Waals surface area contributed by atoms with Crippen LogP contribution in [0.1, 0.15) is 11.3 Å². The molecule has 0 radical (unpaired) electrons. The van der Waals surface area contributed by atoms with E-state index in [1.807, 2.05) is 36.4 Å². The van der Waals surface area contributed by atoms with Crippen molar-refractivity contribution in [1.29, 1.82) is 0 Å². The number of rotatable bonds is 4. The van der Waals surface area contributed by atoms with Gasteiger partial charge in [0.1, 0.15) is 23.7 Å². The minimum absolute atomic E-state index is 0.383. The van der Waals surface area contributed by atoms with Crippen molar-refractivity contribution in [2.45, 2.75) is 13.2 Å². The van der Waals surface area contributed by atoms with E-state index in [-0.39, 0.29) is 0 Å². The van der Waals surface area contributed by atoms with Gasteiger partial charge in [0.25, 0.3) is 0 Å². The van der Waals surface area contributed by atoms with Gasteiger partial charge in [0.05, 0.1) is 0 Å². The second-order valence-corrected chi connectivity index (χ2v) is 4.97. The van der Waals surface area contributed by atoms with Gasteiger partial charge in [-0.05, 0) is 48.0 Å². The monoisotopic (exact) mass is 287 g/mol. The number of fused-ring (bicyclic) bond motifs is 1. The van der Waals surface area contributed by atoms with E-state index in [2.05, 4.69) is 0 Å². The standard InChI is InChI=1S/C16H14ClNO2/c17-13-2-4-14(5-3-13)19-10-15-8-12-7-11(9-18)1-6-16(12)20-15/h1-8H,9-10,18H2. The van der Waals surface area contributed by atoms with Gasteiger partial charge in [-0.25, -0.2) is 0 Å². The predicted molar refractivity (Wildman–Crippen MR) is 79.9 cm³/mol. The van der Waals surface area contributed by atoms with Gasteiger partial charge in [-0.3, -0.25) is 0 Å². The lowest BCUT2D eigenvalue weighted by molar-refractivity contribution is 0.274. The van der Waals surface area contributed by atoms with Crippen molar-refractivity contribution in [2.24, 2.45) is 5.73 Å². The molecule has 2 N–H and O–H groups in total. The summed E-state index contributed by atoms with van der Waals surface area (Å²) in [6.45, 7) is 0.909. The smallest absolute Gasteiger partial charge is 0.146 e. The van der Waals surface area contributed by atoms with E-state index in [0.717, 1.165) is 28.0 Å². The Morgan fingerprint density at radius 1 is 1.05 bits per heavy atom. The Hall–Kier alpha value is -1.97. The van der Waals surface area contributed by atoms with Crippen LogP contribution in [0.2, 0.25) is 5.02 Å². The number of furan rings is 1. The fourth-order valence-electron chi connectivity index (χ4n) is 2.03. The van der Waals surface area contributed by atoms with Crippen LogP contribution in [-0.4, -0.2) is 0 Å². The van der Waals surface area contributed by atoms with E-state index >= 15 is 0 Å². The Bertz CT molecular complexity index is 719. The van der Waals surface area contributed by atoms with Crippen molar-refractivity contribution in [1.82, 2.24) is 0 Å². The van der Waals surface area contributed by atoms with Gasteiger partial charge in [-0.2, -0.15) is 0 Å². The molecule has 0 aliphatic carbocycles. The van der Waals surface area contributed by atoms with Crippen molar-refractivity contribution in [3.05, 3.63) is 64.9 Å². The molecule has 3 rings (SSSR count). The Kier molecular flexibility index (Phi) is 3.63. The fourth-order valence-corrected chi connectivity index (χ4v) is 2.16. The molecule has 0 aliphatic rings. The zero-order chi connectivity index (χ0) is 13.9. The molecular weight excluding hydrogens is 274 g/mol. The Labute approximate surface area is 121 Å². The highest BCUT2D eigenvalue weighted by Crippen LogP contribution is 2.22. The van der Waals surface area contributed by atoms with Crippen LogP contribution in [0.25, 0.3) is 11.0 Å². The lowest BCUT2D eigenvalue weighted by Crippen LogP contribution is -1.94. The molecule has 0 unspecified atom stereocenters. The lowest BCUT2D eigenvalue weighted by atomic mass is 10.1. The Morgan fingerprint density at radius 3 is 2.60 bits per heavy atom. The number of benzene rings is 2. The average molecular weight is 288 g/mol. The van der Waals surface area contributed by atoms with Gasteiger partial charge in [-0.15, -0.1) is 0 Å². The van der Waals surface area contributed by atoms with E-state index in [9.17, 15) is 0 Å². The van der Waals surface area contributed by atoms with Crippen molar-refractivity contribution >= 4 is 22.6 Å². The van der Waals surface area contributed by atoms with E-state index in [4.69, 9.17) is 26.5 Å². The first-order valence-electron chi connectivity index (χ1n) is 6.34. The van der Waals surface area contributed by atoms with Gasteiger partial charge in [0.15, 0.2) is 0 Å². The first-order chi connectivity index (χ1) is 9.74. The van der Waals surface area contributed by atoms with Crippen molar-refractivity contribution in [3.8, 4) is 5.75 Å². The Morgan fingerprint density at radius 2 is 1.85 bits per heavy atom. The molecular formula is C16H14ClNO2. The third-order valence-corrected chi connectivity index (χ3v) is 3.31. The molecule has 0 saturated heterocycles. The number of hydrogen-bond acceptors (Lipinski definition) is 3. The minimum atomic E-state index is 0.383. The lowest BCUT2D eigenvalue weighted by Gasteiger charge is -2.03. The van der Waals surface area contributed by atoms with E-state index in [1.165, 1.54) is 0 Å². The molecule has 4 heteroatoms. The minimum Gasteiger partial charge on any atom is -0.486 e. The second kappa shape index (κ2) is 5.57. The fraction of sp³-hybridized carbons (Fsp3) is 0.125. The number of halogens is 1. The molecule has 1 aromatic heterocycles. The van der Waals surface area contributed by atoms with Crippen LogP contribution in [0.4, 0.5) is 0 Å². The molecule has 3 nitrogen and oxygen atoms in total. The highest BCUT2D eigenvalue weighted by molar-refractivity contribution is 6.30. The van der Waals surface area contributed by atoms with Crippen LogP contribution in [0, 0.1) is 0 Å². The molecule has 0 aliphatic heterocycles. The second-order valence-electron chi connectivity index (χ2n) is 4.53. The molecule has 3 aromatic rings. The van der Waals surface area contributed by atoms with Gasteiger partial charge >= 0.3 is 0 Å². The van der Waals surface area contributed by atoms with Gasteiger partial charge < -0.3 is 14.9 Å². The zero-order valence-corrected chi connectivity index (χ0v) is 11.6. The molecule has 2 aromatic carbocycles. The maximum atomic E-state index is 5.83. The summed E-state index contributed by atoms with van der Waals surface area (Å²) in [7, 11) is 0. The third kappa shape index (κ3) is 2.79. The SMILES string of the molecule is NCc1ccc2oc(COc3ccc(Cl)cc3)cc2c1. The van der Waals surface area contributed by atoms with Gasteiger partial charge in [0, 0.05) is 17.0 Å². The number of nitrogens with two attached hydrogens (primary N) is 1. The summed E-state index contributed by atoms with van der Waals surface area (Å²) in [5, 5.41) is 1.73. The molecule has 102 valence electrons. The van der Waals surface area contributed by atoms with E-state index in [0.29, 0.717) is 18.2 Å².